The summed E-state index contributed by atoms with van der Waals surface area (Å²) in [6.07, 6.45) is -1.31. The molecule has 0 aliphatic carbocycles. The normalized spacial score (nSPS) is 25.1. The first-order chi connectivity index (χ1) is 7.06. The van der Waals surface area contributed by atoms with Crippen LogP contribution in [-0.2, 0) is 0 Å². The molecule has 0 aromatic carbocycles. The first-order valence-electron chi connectivity index (χ1n) is 5.38. The highest BCUT2D eigenvalue weighted by Gasteiger charge is 2.31. The number of nitrogens with zero attached hydrogens (tertiary/aromatic N) is 1. The van der Waals surface area contributed by atoms with E-state index in [1.165, 1.54) is 0 Å². The molecule has 3 nitrogen and oxygen atoms in total. The van der Waals surface area contributed by atoms with E-state index in [0.717, 1.165) is 19.5 Å². The second kappa shape index (κ2) is 7.37. The Morgan fingerprint density at radius 3 is 2.62 bits per heavy atom. The number of nitrogens with one attached hydrogen (secondary N) is 1. The minimum atomic E-state index is -2.32. The molecule has 1 fully saturated rings. The summed E-state index contributed by atoms with van der Waals surface area (Å²) in [5, 5.41) is 12.0. The number of hydrogen-bond acceptors (Lipinski definition) is 3. The zero-order valence-corrected chi connectivity index (χ0v) is 10.4. The second-order valence-corrected chi connectivity index (χ2v) is 4.59. The lowest BCUT2D eigenvalue weighted by molar-refractivity contribution is 0.0582. The number of rotatable bonds is 6. The second-order valence-electron chi connectivity index (χ2n) is 4.59. The SMILES string of the molecule is CC1(CN(CCO)CC(F)F)CCNC1.Cl. The van der Waals surface area contributed by atoms with Crippen LogP contribution in [0.3, 0.4) is 0 Å². The van der Waals surface area contributed by atoms with E-state index in [0.29, 0.717) is 13.1 Å². The molecule has 1 saturated heterocycles. The lowest BCUT2D eigenvalue weighted by Gasteiger charge is -2.31. The fourth-order valence-corrected chi connectivity index (χ4v) is 2.12. The molecule has 1 aliphatic heterocycles. The third-order valence-corrected chi connectivity index (χ3v) is 2.87. The molecule has 2 N–H and O–H groups in total. The third kappa shape index (κ3) is 5.39. The highest BCUT2D eigenvalue weighted by atomic mass is 35.5. The maximum atomic E-state index is 12.3. The Bertz CT molecular complexity index is 190. The zero-order valence-electron chi connectivity index (χ0n) is 9.59. The number of aliphatic hydroxyl groups is 1. The van der Waals surface area contributed by atoms with Crippen LogP contribution in [0.1, 0.15) is 13.3 Å². The van der Waals surface area contributed by atoms with Crippen LogP contribution in [-0.4, -0.2) is 55.8 Å². The Hall–Kier alpha value is 0.0300. The van der Waals surface area contributed by atoms with Crippen LogP contribution in [0.5, 0.6) is 0 Å². The summed E-state index contributed by atoms with van der Waals surface area (Å²) in [5.74, 6) is 0. The van der Waals surface area contributed by atoms with Crippen molar-refractivity contribution in [3.05, 3.63) is 0 Å². The third-order valence-electron chi connectivity index (χ3n) is 2.87. The van der Waals surface area contributed by atoms with Gasteiger partial charge in [0.15, 0.2) is 0 Å². The minimum Gasteiger partial charge on any atom is -0.395 e. The van der Waals surface area contributed by atoms with Crippen molar-refractivity contribution in [3.8, 4) is 0 Å². The Morgan fingerprint density at radius 2 is 2.19 bits per heavy atom. The number of halogens is 3. The molecule has 0 amide bonds. The lowest BCUT2D eigenvalue weighted by atomic mass is 9.89. The highest BCUT2D eigenvalue weighted by Crippen LogP contribution is 2.25. The van der Waals surface area contributed by atoms with Gasteiger partial charge in [0.05, 0.1) is 13.2 Å². The molecule has 6 heteroatoms. The van der Waals surface area contributed by atoms with Crippen LogP contribution in [0.15, 0.2) is 0 Å². The predicted molar refractivity (Wildman–Crippen MR) is 62.4 cm³/mol. The van der Waals surface area contributed by atoms with Gasteiger partial charge in [-0.1, -0.05) is 6.92 Å². The molecule has 1 rings (SSSR count). The molecule has 0 bridgehead atoms. The van der Waals surface area contributed by atoms with E-state index in [4.69, 9.17) is 5.11 Å². The van der Waals surface area contributed by atoms with Crippen molar-refractivity contribution in [2.45, 2.75) is 19.8 Å². The van der Waals surface area contributed by atoms with E-state index in [9.17, 15) is 8.78 Å². The average Bonchev–Trinajstić information content (AvgIpc) is 2.51. The van der Waals surface area contributed by atoms with Gasteiger partial charge in [0.1, 0.15) is 0 Å². The maximum Gasteiger partial charge on any atom is 0.251 e. The fourth-order valence-electron chi connectivity index (χ4n) is 2.12. The Balaban J connectivity index is 0.00000225. The van der Waals surface area contributed by atoms with Gasteiger partial charge in [0.25, 0.3) is 6.43 Å². The first kappa shape index (κ1) is 16.0. The van der Waals surface area contributed by atoms with Gasteiger partial charge in [-0.15, -0.1) is 12.4 Å². The Labute approximate surface area is 102 Å². The van der Waals surface area contributed by atoms with E-state index in [1.807, 2.05) is 0 Å². The molecule has 1 unspecified atom stereocenters. The summed E-state index contributed by atoms with van der Waals surface area (Å²) in [6.45, 7) is 4.59. The molecule has 0 aromatic heterocycles. The van der Waals surface area contributed by atoms with E-state index in [-0.39, 0.29) is 31.0 Å². The van der Waals surface area contributed by atoms with Crippen molar-refractivity contribution in [2.75, 3.05) is 39.3 Å². The lowest BCUT2D eigenvalue weighted by Crippen LogP contribution is -2.41. The van der Waals surface area contributed by atoms with Gasteiger partial charge in [-0.05, 0) is 18.4 Å². The van der Waals surface area contributed by atoms with Crippen LogP contribution in [0.2, 0.25) is 0 Å². The van der Waals surface area contributed by atoms with Gasteiger partial charge in [-0.2, -0.15) is 0 Å². The largest absolute Gasteiger partial charge is 0.395 e. The number of hydrogen-bond donors (Lipinski definition) is 2. The van der Waals surface area contributed by atoms with Crippen molar-refractivity contribution in [2.24, 2.45) is 5.41 Å². The summed E-state index contributed by atoms with van der Waals surface area (Å²) in [5.41, 5.74) is 0.0735. The quantitative estimate of drug-likeness (QED) is 0.745. The molecular formula is C10H21ClF2N2O. The molecule has 0 spiro atoms. The first-order valence-corrected chi connectivity index (χ1v) is 5.38. The van der Waals surface area contributed by atoms with Crippen molar-refractivity contribution in [1.29, 1.82) is 0 Å². The summed E-state index contributed by atoms with van der Waals surface area (Å²) in [6, 6.07) is 0. The molecular weight excluding hydrogens is 238 g/mol. The average molecular weight is 259 g/mol. The van der Waals surface area contributed by atoms with Gasteiger partial charge < -0.3 is 10.4 Å². The van der Waals surface area contributed by atoms with Crippen LogP contribution in [0, 0.1) is 5.41 Å². The molecule has 1 aliphatic rings. The molecule has 1 heterocycles. The Morgan fingerprint density at radius 1 is 1.50 bits per heavy atom. The van der Waals surface area contributed by atoms with Crippen molar-refractivity contribution in [3.63, 3.8) is 0 Å². The van der Waals surface area contributed by atoms with Gasteiger partial charge in [0.2, 0.25) is 0 Å². The summed E-state index contributed by atoms with van der Waals surface area (Å²) in [4.78, 5) is 1.65. The molecule has 1 atom stereocenters. The molecule has 98 valence electrons. The van der Waals surface area contributed by atoms with Crippen LogP contribution in [0.25, 0.3) is 0 Å². The van der Waals surface area contributed by atoms with Crippen LogP contribution < -0.4 is 5.32 Å². The van der Waals surface area contributed by atoms with Gasteiger partial charge in [-0.25, -0.2) is 8.78 Å². The zero-order chi connectivity index (χ0) is 11.3. The van der Waals surface area contributed by atoms with Gasteiger partial charge in [-0.3, -0.25) is 4.90 Å². The minimum absolute atomic E-state index is 0. The topological polar surface area (TPSA) is 35.5 Å². The van der Waals surface area contributed by atoms with Gasteiger partial charge in [0, 0.05) is 19.6 Å². The van der Waals surface area contributed by atoms with Crippen molar-refractivity contribution in [1.82, 2.24) is 10.2 Å². The van der Waals surface area contributed by atoms with Crippen molar-refractivity contribution >= 4 is 12.4 Å². The van der Waals surface area contributed by atoms with E-state index >= 15 is 0 Å². The Kier molecular flexibility index (Phi) is 7.39. The summed E-state index contributed by atoms with van der Waals surface area (Å²) in [7, 11) is 0. The van der Waals surface area contributed by atoms with E-state index in [2.05, 4.69) is 12.2 Å². The predicted octanol–water partition coefficient (Wildman–Crippen LogP) is 0.967. The van der Waals surface area contributed by atoms with Crippen LogP contribution >= 0.6 is 12.4 Å². The molecule has 0 aromatic rings. The smallest absolute Gasteiger partial charge is 0.251 e. The fraction of sp³-hybridized carbons (Fsp3) is 1.00. The number of alkyl halides is 2. The maximum absolute atomic E-state index is 12.3. The molecule has 0 radical (unpaired) electrons. The monoisotopic (exact) mass is 258 g/mol. The highest BCUT2D eigenvalue weighted by molar-refractivity contribution is 5.85. The summed E-state index contributed by atoms with van der Waals surface area (Å²) < 4.78 is 24.5. The van der Waals surface area contributed by atoms with Crippen LogP contribution in [0.4, 0.5) is 8.78 Å². The van der Waals surface area contributed by atoms with Crippen molar-refractivity contribution < 1.29 is 13.9 Å². The molecule has 16 heavy (non-hydrogen) atoms. The number of aliphatic hydroxyl groups excluding tert-OH is 1. The van der Waals surface area contributed by atoms with Gasteiger partial charge >= 0.3 is 0 Å². The van der Waals surface area contributed by atoms with E-state index in [1.54, 1.807) is 4.90 Å². The standard InChI is InChI=1S/C10H20F2N2O.ClH/c1-10(2-3-13-7-10)8-14(4-5-15)6-9(11)12;/h9,13,15H,2-8H2,1H3;1H. The van der Waals surface area contributed by atoms with E-state index < -0.39 is 6.43 Å². The molecule has 0 saturated carbocycles. The summed E-state index contributed by atoms with van der Waals surface area (Å²) >= 11 is 0.